The zero-order valence-corrected chi connectivity index (χ0v) is 15.6. The number of anilines is 1. The van der Waals surface area contributed by atoms with Crippen LogP contribution >= 0.6 is 0 Å². The lowest BCUT2D eigenvalue weighted by Crippen LogP contribution is -2.07. The first-order valence-corrected chi connectivity index (χ1v) is 8.16. The number of nitriles is 1. The molecule has 0 aliphatic rings. The SMILES string of the molecule is CC(/C=C/C(C)=C/C=C(\C#N)C(=O)O)=C\C=C\c1ccc(N(C)C)cc1. The summed E-state index contributed by atoms with van der Waals surface area (Å²) in [5.74, 6) is -1.22. The van der Waals surface area contributed by atoms with Crippen molar-refractivity contribution in [2.75, 3.05) is 19.0 Å². The molecule has 0 spiro atoms. The standard InChI is InChI=1S/C22H24N2O2/c1-17(8-9-18(2)10-13-20(16-23)22(25)26)6-5-7-19-11-14-21(15-12-19)24(3)4/h5-15H,1-4H3,(H,25,26)/b7-5+,9-8+,17-6+,18-10+,20-13+. The summed E-state index contributed by atoms with van der Waals surface area (Å²) in [6.07, 6.45) is 12.7. The third-order valence-corrected chi connectivity index (χ3v) is 3.53. The Balaban J connectivity index is 2.71. The number of hydrogen-bond donors (Lipinski definition) is 1. The van der Waals surface area contributed by atoms with Crippen LogP contribution in [0.3, 0.4) is 0 Å². The highest BCUT2D eigenvalue weighted by atomic mass is 16.4. The topological polar surface area (TPSA) is 64.3 Å². The van der Waals surface area contributed by atoms with E-state index < -0.39 is 5.97 Å². The van der Waals surface area contributed by atoms with E-state index in [4.69, 9.17) is 10.4 Å². The summed E-state index contributed by atoms with van der Waals surface area (Å²) in [5.41, 5.74) is 3.92. The average Bonchev–Trinajstić information content (AvgIpc) is 2.60. The van der Waals surface area contributed by atoms with Crippen LogP contribution < -0.4 is 4.90 Å². The van der Waals surface area contributed by atoms with Gasteiger partial charge in [0.1, 0.15) is 11.6 Å². The van der Waals surface area contributed by atoms with Gasteiger partial charge >= 0.3 is 5.97 Å². The van der Waals surface area contributed by atoms with Crippen LogP contribution in [-0.4, -0.2) is 25.2 Å². The normalized spacial score (nSPS) is 13.3. The molecule has 0 radical (unpaired) electrons. The van der Waals surface area contributed by atoms with Gasteiger partial charge in [-0.15, -0.1) is 0 Å². The lowest BCUT2D eigenvalue weighted by molar-refractivity contribution is -0.132. The maximum atomic E-state index is 10.7. The van der Waals surface area contributed by atoms with Crippen molar-refractivity contribution >= 4 is 17.7 Å². The molecular weight excluding hydrogens is 324 g/mol. The summed E-state index contributed by atoms with van der Waals surface area (Å²) in [6, 6.07) is 9.93. The first-order valence-electron chi connectivity index (χ1n) is 8.16. The van der Waals surface area contributed by atoms with E-state index >= 15 is 0 Å². The van der Waals surface area contributed by atoms with Crippen molar-refractivity contribution < 1.29 is 9.90 Å². The van der Waals surface area contributed by atoms with Crippen molar-refractivity contribution in [3.63, 3.8) is 0 Å². The van der Waals surface area contributed by atoms with Crippen LogP contribution in [0.25, 0.3) is 6.08 Å². The van der Waals surface area contributed by atoms with Crippen molar-refractivity contribution in [2.24, 2.45) is 0 Å². The Labute approximate surface area is 155 Å². The fraction of sp³-hybridized carbons (Fsp3) is 0.182. The van der Waals surface area contributed by atoms with Crippen LogP contribution in [0.1, 0.15) is 19.4 Å². The highest BCUT2D eigenvalue weighted by Gasteiger charge is 2.02. The minimum absolute atomic E-state index is 0.284. The lowest BCUT2D eigenvalue weighted by atomic mass is 10.1. The van der Waals surface area contributed by atoms with Gasteiger partial charge in [0, 0.05) is 19.8 Å². The highest BCUT2D eigenvalue weighted by Crippen LogP contribution is 2.13. The summed E-state index contributed by atoms with van der Waals surface area (Å²) in [5, 5.41) is 17.5. The van der Waals surface area contributed by atoms with Gasteiger partial charge in [0.2, 0.25) is 0 Å². The molecule has 134 valence electrons. The summed E-state index contributed by atoms with van der Waals surface area (Å²) < 4.78 is 0. The Hall–Kier alpha value is -3.32. The molecule has 0 aliphatic heterocycles. The van der Waals surface area contributed by atoms with Gasteiger partial charge in [-0.25, -0.2) is 4.79 Å². The lowest BCUT2D eigenvalue weighted by Gasteiger charge is -2.11. The molecule has 0 saturated heterocycles. The number of carboxylic acids is 1. The first kappa shape index (κ1) is 20.7. The molecular formula is C22H24N2O2. The largest absolute Gasteiger partial charge is 0.477 e. The Kier molecular flexibility index (Phi) is 8.39. The molecule has 0 atom stereocenters. The third kappa shape index (κ3) is 7.50. The maximum absolute atomic E-state index is 10.7. The van der Waals surface area contributed by atoms with E-state index in [9.17, 15) is 4.79 Å². The van der Waals surface area contributed by atoms with Gasteiger partial charge in [0.25, 0.3) is 0 Å². The predicted octanol–water partition coefficient (Wildman–Crippen LogP) is 4.75. The molecule has 0 aromatic heterocycles. The average molecular weight is 348 g/mol. The molecule has 0 fully saturated rings. The van der Waals surface area contributed by atoms with Gasteiger partial charge in [0.15, 0.2) is 0 Å². The maximum Gasteiger partial charge on any atom is 0.346 e. The van der Waals surface area contributed by atoms with E-state index in [-0.39, 0.29) is 5.57 Å². The molecule has 1 N–H and O–H groups in total. The van der Waals surface area contributed by atoms with Crippen LogP contribution in [0, 0.1) is 11.3 Å². The van der Waals surface area contributed by atoms with Gasteiger partial charge in [-0.2, -0.15) is 5.26 Å². The van der Waals surface area contributed by atoms with E-state index in [0.717, 1.165) is 22.4 Å². The summed E-state index contributed by atoms with van der Waals surface area (Å²) in [7, 11) is 4.02. The van der Waals surface area contributed by atoms with Crippen LogP contribution in [-0.2, 0) is 4.79 Å². The van der Waals surface area contributed by atoms with Crippen molar-refractivity contribution in [3.05, 3.63) is 83.0 Å². The smallest absolute Gasteiger partial charge is 0.346 e. The Morgan fingerprint density at radius 2 is 1.62 bits per heavy atom. The number of rotatable bonds is 7. The molecule has 0 heterocycles. The summed E-state index contributed by atoms with van der Waals surface area (Å²) in [4.78, 5) is 12.8. The number of carbonyl (C=O) groups is 1. The predicted molar refractivity (Wildman–Crippen MR) is 108 cm³/mol. The van der Waals surface area contributed by atoms with Crippen molar-refractivity contribution in [1.82, 2.24) is 0 Å². The minimum Gasteiger partial charge on any atom is -0.477 e. The number of benzene rings is 1. The number of allylic oxidation sites excluding steroid dienone is 8. The van der Waals surface area contributed by atoms with Gasteiger partial charge in [-0.3, -0.25) is 0 Å². The Bertz CT molecular complexity index is 815. The molecule has 0 aliphatic carbocycles. The molecule has 0 unspecified atom stereocenters. The van der Waals surface area contributed by atoms with Crippen molar-refractivity contribution in [2.45, 2.75) is 13.8 Å². The Morgan fingerprint density at radius 1 is 1.04 bits per heavy atom. The van der Waals surface area contributed by atoms with Crippen molar-refractivity contribution in [3.8, 4) is 6.07 Å². The van der Waals surface area contributed by atoms with Gasteiger partial charge < -0.3 is 10.0 Å². The van der Waals surface area contributed by atoms with Crippen LogP contribution in [0.2, 0.25) is 0 Å². The molecule has 0 amide bonds. The molecule has 1 aromatic rings. The highest BCUT2D eigenvalue weighted by molar-refractivity contribution is 5.91. The second-order valence-electron chi connectivity index (χ2n) is 6.00. The first-order chi connectivity index (χ1) is 12.3. The van der Waals surface area contributed by atoms with Crippen LogP contribution in [0.4, 0.5) is 5.69 Å². The third-order valence-electron chi connectivity index (χ3n) is 3.53. The van der Waals surface area contributed by atoms with E-state index in [1.54, 1.807) is 12.1 Å². The number of nitrogens with zero attached hydrogens (tertiary/aromatic N) is 2. The van der Waals surface area contributed by atoms with Crippen LogP contribution in [0.15, 0.2) is 77.4 Å². The van der Waals surface area contributed by atoms with Gasteiger partial charge in [-0.1, -0.05) is 59.7 Å². The van der Waals surface area contributed by atoms with Crippen molar-refractivity contribution in [1.29, 1.82) is 5.26 Å². The molecule has 1 aromatic carbocycles. The molecule has 26 heavy (non-hydrogen) atoms. The van der Waals surface area contributed by atoms with E-state index in [2.05, 4.69) is 29.2 Å². The summed E-state index contributed by atoms with van der Waals surface area (Å²) in [6.45, 7) is 3.83. The van der Waals surface area contributed by atoms with Gasteiger partial charge in [-0.05, 0) is 37.6 Å². The second-order valence-corrected chi connectivity index (χ2v) is 6.00. The fourth-order valence-electron chi connectivity index (χ4n) is 1.94. The second kappa shape index (κ2) is 10.5. The molecule has 4 heteroatoms. The quantitative estimate of drug-likeness (QED) is 0.439. The Morgan fingerprint density at radius 3 is 2.12 bits per heavy atom. The van der Waals surface area contributed by atoms with E-state index in [0.29, 0.717) is 0 Å². The minimum atomic E-state index is -1.22. The van der Waals surface area contributed by atoms with E-state index in [1.165, 1.54) is 6.08 Å². The zero-order chi connectivity index (χ0) is 19.5. The molecule has 4 nitrogen and oxygen atoms in total. The summed E-state index contributed by atoms with van der Waals surface area (Å²) >= 11 is 0. The molecule has 0 bridgehead atoms. The number of hydrogen-bond acceptors (Lipinski definition) is 3. The zero-order valence-electron chi connectivity index (χ0n) is 15.6. The number of carboxylic acid groups (broad SMARTS) is 1. The molecule has 0 saturated carbocycles. The fourth-order valence-corrected chi connectivity index (χ4v) is 1.94. The molecule has 1 rings (SSSR count). The number of aliphatic carboxylic acids is 1. The van der Waals surface area contributed by atoms with Crippen LogP contribution in [0.5, 0.6) is 0 Å². The van der Waals surface area contributed by atoms with Gasteiger partial charge in [0.05, 0.1) is 0 Å². The monoisotopic (exact) mass is 348 g/mol. The van der Waals surface area contributed by atoms with E-state index in [1.807, 2.05) is 58.3 Å².